The summed E-state index contributed by atoms with van der Waals surface area (Å²) in [4.78, 5) is 44.2. The molecule has 3 atom stereocenters. The number of likely N-dealkylation sites (tertiary alicyclic amines) is 1. The largest absolute Gasteiger partial charge is 0.350 e. The molecule has 0 aliphatic carbocycles. The number of hydrogen-bond donors (Lipinski definition) is 3. The van der Waals surface area contributed by atoms with Gasteiger partial charge in [0.1, 0.15) is 23.6 Å². The predicted molar refractivity (Wildman–Crippen MR) is 131 cm³/mol. The second-order valence-electron chi connectivity index (χ2n) is 9.94. The predicted octanol–water partition coefficient (Wildman–Crippen LogP) is 3.47. The van der Waals surface area contributed by atoms with Gasteiger partial charge in [-0.15, -0.1) is 0 Å². The lowest BCUT2D eigenvalue weighted by atomic mass is 9.80. The zero-order valence-corrected chi connectivity index (χ0v) is 20.0. The van der Waals surface area contributed by atoms with Gasteiger partial charge in [-0.3, -0.25) is 14.4 Å². The Hall–Kier alpha value is -4.19. The molecule has 9 heteroatoms. The maximum atomic E-state index is 14.1. The Bertz CT molecular complexity index is 1420. The van der Waals surface area contributed by atoms with E-state index in [4.69, 9.17) is 0 Å². The van der Waals surface area contributed by atoms with Crippen LogP contribution in [-0.4, -0.2) is 46.2 Å². The van der Waals surface area contributed by atoms with Crippen molar-refractivity contribution in [3.63, 3.8) is 0 Å². The maximum absolute atomic E-state index is 14.1. The number of H-pyrrole nitrogens is 1. The van der Waals surface area contributed by atoms with Gasteiger partial charge in [0, 0.05) is 29.6 Å². The monoisotopic (exact) mass is 487 g/mol. The van der Waals surface area contributed by atoms with Crippen LogP contribution < -0.4 is 10.6 Å². The molecule has 3 amide bonds. The zero-order chi connectivity index (χ0) is 25.6. The van der Waals surface area contributed by atoms with E-state index in [9.17, 15) is 24.0 Å². The second kappa shape index (κ2) is 8.79. The molecule has 2 aliphatic rings. The average molecular weight is 488 g/mol. The molecule has 3 aromatic rings. The van der Waals surface area contributed by atoms with Crippen molar-refractivity contribution in [2.75, 3.05) is 11.9 Å². The highest BCUT2D eigenvalue weighted by Gasteiger charge is 2.56. The van der Waals surface area contributed by atoms with Crippen molar-refractivity contribution in [3.05, 3.63) is 65.6 Å². The van der Waals surface area contributed by atoms with E-state index in [1.165, 1.54) is 17.0 Å². The van der Waals surface area contributed by atoms with Crippen LogP contribution in [0.15, 0.2) is 48.5 Å². The van der Waals surface area contributed by atoms with Gasteiger partial charge < -0.3 is 20.5 Å². The van der Waals surface area contributed by atoms with Gasteiger partial charge in [0.2, 0.25) is 11.8 Å². The van der Waals surface area contributed by atoms with Crippen molar-refractivity contribution in [2.24, 2.45) is 5.92 Å². The van der Waals surface area contributed by atoms with Gasteiger partial charge in [0.15, 0.2) is 0 Å². The van der Waals surface area contributed by atoms with E-state index in [0.29, 0.717) is 17.6 Å². The summed E-state index contributed by atoms with van der Waals surface area (Å²) in [6.07, 6.45) is 0.519. The summed E-state index contributed by atoms with van der Waals surface area (Å²) in [7, 11) is 0. The van der Waals surface area contributed by atoms with E-state index < -0.39 is 35.1 Å². The summed E-state index contributed by atoms with van der Waals surface area (Å²) in [5, 5.41) is 15.8. The van der Waals surface area contributed by atoms with Crippen molar-refractivity contribution >= 4 is 34.3 Å². The molecule has 1 spiro atoms. The molecule has 36 heavy (non-hydrogen) atoms. The number of hydrogen-bond acceptors (Lipinski definition) is 4. The molecule has 1 unspecified atom stereocenters. The lowest BCUT2D eigenvalue weighted by Gasteiger charge is -2.28. The minimum Gasteiger partial charge on any atom is -0.350 e. The quantitative estimate of drug-likeness (QED) is 0.511. The number of rotatable bonds is 5. The van der Waals surface area contributed by atoms with Crippen LogP contribution in [0.4, 0.5) is 10.1 Å². The fourth-order valence-electron chi connectivity index (χ4n) is 5.36. The molecular formula is C27H26FN5O3. The Labute approximate surface area is 207 Å². The van der Waals surface area contributed by atoms with Crippen LogP contribution in [0.1, 0.15) is 42.7 Å². The summed E-state index contributed by atoms with van der Waals surface area (Å²) >= 11 is 0. The first-order valence-corrected chi connectivity index (χ1v) is 11.9. The van der Waals surface area contributed by atoms with Gasteiger partial charge in [-0.05, 0) is 42.2 Å². The molecule has 0 saturated carbocycles. The summed E-state index contributed by atoms with van der Waals surface area (Å²) in [6, 6.07) is 13.7. The Morgan fingerprint density at radius 1 is 1.25 bits per heavy atom. The molecule has 2 aliphatic heterocycles. The van der Waals surface area contributed by atoms with Crippen LogP contribution in [0.5, 0.6) is 0 Å². The van der Waals surface area contributed by atoms with Crippen LogP contribution in [0.3, 0.4) is 0 Å². The molecular weight excluding hydrogens is 461 g/mol. The molecule has 0 bridgehead atoms. The third kappa shape index (κ3) is 3.79. The van der Waals surface area contributed by atoms with Gasteiger partial charge in [-0.25, -0.2) is 4.39 Å². The van der Waals surface area contributed by atoms with Gasteiger partial charge >= 0.3 is 0 Å². The Morgan fingerprint density at radius 2 is 2.03 bits per heavy atom. The smallest absolute Gasteiger partial charge is 0.268 e. The highest BCUT2D eigenvalue weighted by atomic mass is 19.1. The number of aromatic nitrogens is 1. The van der Waals surface area contributed by atoms with Crippen molar-refractivity contribution in [1.29, 1.82) is 5.26 Å². The average Bonchev–Trinajstić information content (AvgIpc) is 3.53. The second-order valence-corrected chi connectivity index (χ2v) is 9.94. The molecule has 1 aromatic heterocycles. The highest BCUT2D eigenvalue weighted by Crippen LogP contribution is 2.46. The van der Waals surface area contributed by atoms with Crippen molar-refractivity contribution < 1.29 is 18.8 Å². The molecule has 1 saturated heterocycles. The van der Waals surface area contributed by atoms with E-state index in [0.717, 1.165) is 5.56 Å². The molecule has 184 valence electrons. The summed E-state index contributed by atoms with van der Waals surface area (Å²) < 4.78 is 14.1. The molecule has 1 fully saturated rings. The Balaban J connectivity index is 1.42. The standard InChI is InChI=1S/C27H26FN5O3/c1-15(2)10-23(31-24(34)22-11-17-19(28)7-5-9-20(17)30-22)25(35)33-14-27(12-16(33)13-29)18-6-3-4-8-21(18)32-26(27)36/h3-9,11,15-16,23,30H,10,12,14H2,1-2H3,(H,31,34)(H,32,36)/t16?,23-,27-/m0/s1. The number of amides is 3. The van der Waals surface area contributed by atoms with Crippen LogP contribution in [-0.2, 0) is 15.0 Å². The van der Waals surface area contributed by atoms with E-state index >= 15 is 0 Å². The number of nitrogens with one attached hydrogen (secondary N) is 3. The number of para-hydroxylation sites is 1. The number of fused-ring (bicyclic) bond motifs is 3. The number of nitriles is 1. The van der Waals surface area contributed by atoms with E-state index in [1.54, 1.807) is 18.2 Å². The lowest BCUT2D eigenvalue weighted by Crippen LogP contribution is -2.51. The van der Waals surface area contributed by atoms with Crippen LogP contribution in [0, 0.1) is 23.1 Å². The van der Waals surface area contributed by atoms with Crippen LogP contribution in [0.2, 0.25) is 0 Å². The van der Waals surface area contributed by atoms with Gasteiger partial charge in [0.25, 0.3) is 5.91 Å². The minimum absolute atomic E-state index is 0.0506. The number of benzene rings is 2. The third-order valence-corrected chi connectivity index (χ3v) is 7.08. The highest BCUT2D eigenvalue weighted by molar-refractivity contribution is 6.07. The van der Waals surface area contributed by atoms with Gasteiger partial charge in [0.05, 0.1) is 11.5 Å². The van der Waals surface area contributed by atoms with Crippen LogP contribution in [0.25, 0.3) is 10.9 Å². The molecule has 8 nitrogen and oxygen atoms in total. The summed E-state index contributed by atoms with van der Waals surface area (Å²) in [6.45, 7) is 3.91. The van der Waals surface area contributed by atoms with Gasteiger partial charge in [-0.1, -0.05) is 38.1 Å². The molecule has 3 heterocycles. The fraction of sp³-hybridized carbons (Fsp3) is 0.333. The summed E-state index contributed by atoms with van der Waals surface area (Å²) in [5.74, 6) is -1.58. The van der Waals surface area contributed by atoms with Crippen molar-refractivity contribution in [3.8, 4) is 6.07 Å². The maximum Gasteiger partial charge on any atom is 0.268 e. The van der Waals surface area contributed by atoms with E-state index in [-0.39, 0.29) is 35.9 Å². The van der Waals surface area contributed by atoms with E-state index in [2.05, 4.69) is 21.7 Å². The summed E-state index contributed by atoms with van der Waals surface area (Å²) in [5.41, 5.74) is 1.06. The molecule has 3 N–H and O–H groups in total. The number of halogens is 1. The topological polar surface area (TPSA) is 118 Å². The number of nitrogens with zero attached hydrogens (tertiary/aromatic N) is 2. The Kier molecular flexibility index (Phi) is 5.75. The first-order valence-electron chi connectivity index (χ1n) is 11.9. The molecule has 2 aromatic carbocycles. The lowest BCUT2D eigenvalue weighted by molar-refractivity contribution is -0.134. The normalized spacial score (nSPS) is 21.5. The molecule has 0 radical (unpaired) electrons. The number of anilines is 1. The van der Waals surface area contributed by atoms with Gasteiger partial charge in [-0.2, -0.15) is 5.26 Å². The third-order valence-electron chi connectivity index (χ3n) is 7.08. The SMILES string of the molecule is CC(C)C[C@H](NC(=O)c1cc2c(F)cccc2[nH]1)C(=O)N1C[C@]2(CC1C#N)C(=O)Nc1ccccc12. The van der Waals surface area contributed by atoms with Crippen molar-refractivity contribution in [2.45, 2.75) is 44.2 Å². The zero-order valence-electron chi connectivity index (χ0n) is 20.0. The van der Waals surface area contributed by atoms with E-state index in [1.807, 2.05) is 32.0 Å². The minimum atomic E-state index is -1.01. The van der Waals surface area contributed by atoms with Crippen molar-refractivity contribution in [1.82, 2.24) is 15.2 Å². The Morgan fingerprint density at radius 3 is 2.75 bits per heavy atom. The number of aromatic amines is 1. The first kappa shape index (κ1) is 23.5. The first-order chi connectivity index (χ1) is 17.2. The number of carbonyl (C=O) groups excluding carboxylic acids is 3. The fourth-order valence-corrected chi connectivity index (χ4v) is 5.36. The molecule has 5 rings (SSSR count). The van der Waals surface area contributed by atoms with Crippen LogP contribution >= 0.6 is 0 Å². The number of carbonyl (C=O) groups is 3.